The first-order valence-electron chi connectivity index (χ1n) is 16.6. The number of nitrogens with zero attached hydrogens (tertiary/aromatic N) is 3. The van der Waals surface area contributed by atoms with Gasteiger partial charge in [0.1, 0.15) is 0 Å². The summed E-state index contributed by atoms with van der Waals surface area (Å²) < 4.78 is 62.5. The van der Waals surface area contributed by atoms with E-state index in [2.05, 4.69) is 27.7 Å². The molecule has 2 fully saturated rings. The maximum absolute atomic E-state index is 12.0. The van der Waals surface area contributed by atoms with Gasteiger partial charge in [0, 0.05) is 54.8 Å². The van der Waals surface area contributed by atoms with E-state index in [1.807, 2.05) is 0 Å². The first-order chi connectivity index (χ1) is 21.7. The van der Waals surface area contributed by atoms with Gasteiger partial charge in [0.05, 0.1) is 62.4 Å². The third-order valence-electron chi connectivity index (χ3n) is 8.12. The summed E-state index contributed by atoms with van der Waals surface area (Å²) in [6.07, 6.45) is 11.1. The molecule has 0 bridgehead atoms. The fraction of sp³-hybridized carbons (Fsp3) is 0.867. The van der Waals surface area contributed by atoms with Gasteiger partial charge in [-0.25, -0.2) is 16.8 Å². The van der Waals surface area contributed by atoms with Gasteiger partial charge in [-0.15, -0.1) is 0 Å². The van der Waals surface area contributed by atoms with E-state index in [1.54, 1.807) is 32.4 Å². The van der Waals surface area contributed by atoms with Crippen LogP contribution in [0.2, 0.25) is 0 Å². The van der Waals surface area contributed by atoms with Crippen LogP contribution in [0.3, 0.4) is 0 Å². The SMILES string of the molecule is CCCC[N+](CCCC)(CCCC)CCCC.O=S(=O)(C1=CSSC1)N1CCOCC1.O=S(=O)(C1=CSSC1)N1CCOCC1.[Cu]. The zero-order valence-electron chi connectivity index (χ0n) is 28.3. The zero-order chi connectivity index (χ0) is 33.0. The van der Waals surface area contributed by atoms with E-state index >= 15 is 0 Å². The molecule has 0 saturated carbocycles. The number of morpholine rings is 2. The third kappa shape index (κ3) is 15.6. The molecule has 1 radical (unpaired) electrons. The molecule has 4 aliphatic rings. The summed E-state index contributed by atoms with van der Waals surface area (Å²) in [5, 5.41) is 3.46. The Labute approximate surface area is 307 Å². The molecule has 0 N–H and O–H groups in total. The number of ether oxygens (including phenoxy) is 2. The Balaban J connectivity index is 0.000000343. The molecule has 0 aromatic rings. The molecule has 4 rings (SSSR count). The summed E-state index contributed by atoms with van der Waals surface area (Å²) in [6.45, 7) is 19.0. The van der Waals surface area contributed by atoms with Gasteiger partial charge >= 0.3 is 0 Å². The first-order valence-corrected chi connectivity index (χ1v) is 24.3. The average molecular weight is 813 g/mol. The van der Waals surface area contributed by atoms with E-state index in [9.17, 15) is 16.8 Å². The first kappa shape index (κ1) is 45.1. The normalized spacial score (nSPS) is 19.7. The monoisotopic (exact) mass is 811 g/mol. The van der Waals surface area contributed by atoms with Crippen molar-refractivity contribution >= 4 is 63.2 Å². The van der Waals surface area contributed by atoms with E-state index in [0.717, 1.165) is 0 Å². The molecule has 0 aliphatic carbocycles. The quantitative estimate of drug-likeness (QED) is 0.0946. The van der Waals surface area contributed by atoms with Crippen molar-refractivity contribution in [2.24, 2.45) is 0 Å². The van der Waals surface area contributed by atoms with Crippen LogP contribution in [-0.2, 0) is 46.6 Å². The Morgan fingerprint density at radius 2 is 0.913 bits per heavy atom. The molecule has 46 heavy (non-hydrogen) atoms. The van der Waals surface area contributed by atoms with Gasteiger partial charge in [-0.3, -0.25) is 0 Å². The summed E-state index contributed by atoms with van der Waals surface area (Å²) in [6, 6.07) is 0. The van der Waals surface area contributed by atoms with E-state index in [-0.39, 0.29) is 17.1 Å². The largest absolute Gasteiger partial charge is 0.379 e. The number of hydrogen-bond acceptors (Lipinski definition) is 10. The van der Waals surface area contributed by atoms with Crippen LogP contribution in [0.1, 0.15) is 79.1 Å². The second-order valence-electron chi connectivity index (χ2n) is 11.6. The van der Waals surface area contributed by atoms with Crippen molar-refractivity contribution in [1.82, 2.24) is 8.61 Å². The molecular weight excluding hydrogens is 754 g/mol. The van der Waals surface area contributed by atoms with Crippen molar-refractivity contribution in [3.05, 3.63) is 20.6 Å². The summed E-state index contributed by atoms with van der Waals surface area (Å²) in [4.78, 5) is 1.07. The maximum Gasteiger partial charge on any atom is 0.240 e. The van der Waals surface area contributed by atoms with Gasteiger partial charge in [-0.2, -0.15) is 8.61 Å². The molecule has 275 valence electrons. The summed E-state index contributed by atoms with van der Waals surface area (Å²) in [7, 11) is -0.277. The van der Waals surface area contributed by atoms with Crippen molar-refractivity contribution < 1.29 is 47.9 Å². The molecule has 0 spiro atoms. The van der Waals surface area contributed by atoms with Crippen LogP contribution in [0.5, 0.6) is 0 Å². The summed E-state index contributed by atoms with van der Waals surface area (Å²) in [5.41, 5.74) is 0. The van der Waals surface area contributed by atoms with Crippen molar-refractivity contribution in [2.45, 2.75) is 79.1 Å². The van der Waals surface area contributed by atoms with Gasteiger partial charge in [0.2, 0.25) is 20.0 Å². The fourth-order valence-corrected chi connectivity index (χ4v) is 14.3. The number of rotatable bonds is 16. The molecule has 0 aromatic carbocycles. The fourth-order valence-electron chi connectivity index (χ4n) is 5.25. The zero-order valence-corrected chi connectivity index (χ0v) is 34.1. The molecule has 0 atom stereocenters. The van der Waals surface area contributed by atoms with Crippen LogP contribution in [0.4, 0.5) is 0 Å². The standard InChI is InChI=1S/C16H36N.2C7H11NO3S3.Cu/c1-5-9-13-17(14-10-6-2,15-11-7-3)16-12-8-4;2*9-14(10,7-5-12-13-6-7)8-1-3-11-4-2-8;/h5-16H2,1-4H3;2*5H,1-4,6H2;/q+1;;;. The van der Waals surface area contributed by atoms with Gasteiger partial charge in [0.15, 0.2) is 0 Å². The van der Waals surface area contributed by atoms with Gasteiger partial charge in [-0.1, -0.05) is 96.6 Å². The summed E-state index contributed by atoms with van der Waals surface area (Å²) in [5.74, 6) is 1.18. The van der Waals surface area contributed by atoms with Crippen LogP contribution < -0.4 is 0 Å². The minimum Gasteiger partial charge on any atom is -0.379 e. The van der Waals surface area contributed by atoms with Crippen molar-refractivity contribution in [3.63, 3.8) is 0 Å². The Bertz CT molecular complexity index is 993. The van der Waals surface area contributed by atoms with Gasteiger partial charge in [-0.05, 0) is 36.5 Å². The van der Waals surface area contributed by atoms with Crippen LogP contribution in [0.25, 0.3) is 0 Å². The molecule has 9 nitrogen and oxygen atoms in total. The Morgan fingerprint density at radius 3 is 1.15 bits per heavy atom. The molecule has 0 unspecified atom stereocenters. The Morgan fingerprint density at radius 1 is 0.609 bits per heavy atom. The van der Waals surface area contributed by atoms with Crippen LogP contribution in [0.15, 0.2) is 20.6 Å². The number of hydrogen-bond donors (Lipinski definition) is 0. The second-order valence-corrected chi connectivity index (χ2v) is 20.0. The predicted octanol–water partition coefficient (Wildman–Crippen LogP) is 6.77. The van der Waals surface area contributed by atoms with E-state index in [0.29, 0.717) is 73.9 Å². The van der Waals surface area contributed by atoms with E-state index in [4.69, 9.17) is 9.47 Å². The molecular formula is C30H58CuN3O6S6+. The van der Waals surface area contributed by atoms with Crippen molar-refractivity contribution in [3.8, 4) is 0 Å². The van der Waals surface area contributed by atoms with Gasteiger partial charge < -0.3 is 14.0 Å². The number of unbranched alkanes of at least 4 members (excludes halogenated alkanes) is 4. The molecule has 0 aromatic heterocycles. The minimum atomic E-state index is -3.19. The molecule has 0 amide bonds. The molecule has 4 heterocycles. The smallest absolute Gasteiger partial charge is 0.240 e. The molecule has 2 saturated heterocycles. The minimum absolute atomic E-state index is 0. The van der Waals surface area contributed by atoms with Crippen molar-refractivity contribution in [2.75, 3.05) is 90.3 Å². The van der Waals surface area contributed by atoms with Crippen LogP contribution in [-0.4, -0.2) is 120 Å². The Hall–Kier alpha value is 1.10. The van der Waals surface area contributed by atoms with Crippen molar-refractivity contribution in [1.29, 1.82) is 0 Å². The van der Waals surface area contributed by atoms with Crippen LogP contribution >= 0.6 is 43.2 Å². The predicted molar refractivity (Wildman–Crippen MR) is 198 cm³/mol. The van der Waals surface area contributed by atoms with E-state index in [1.165, 1.54) is 112 Å². The average Bonchev–Trinajstić information content (AvgIpc) is 3.82. The van der Waals surface area contributed by atoms with Crippen LogP contribution in [0, 0.1) is 0 Å². The Kier molecular flexibility index (Phi) is 24.6. The third-order valence-corrected chi connectivity index (χ3v) is 16.7. The van der Waals surface area contributed by atoms with Gasteiger partial charge in [0.25, 0.3) is 0 Å². The second kappa shape index (κ2) is 25.1. The molecule has 16 heteroatoms. The topological polar surface area (TPSA) is 93.2 Å². The van der Waals surface area contributed by atoms with E-state index < -0.39 is 20.0 Å². The molecule has 4 aliphatic heterocycles. The summed E-state index contributed by atoms with van der Waals surface area (Å²) >= 11 is 0. The number of quaternary nitrogens is 1. The number of sulfonamides is 2. The maximum atomic E-state index is 12.0.